The Morgan fingerprint density at radius 3 is 1.95 bits per heavy atom. The number of nitrogens with zero attached hydrogens (tertiary/aromatic N) is 4. The van der Waals surface area contributed by atoms with Gasteiger partial charge in [0, 0.05) is 106 Å². The highest BCUT2D eigenvalue weighted by Gasteiger charge is 2.99. The van der Waals surface area contributed by atoms with Crippen molar-refractivity contribution in [2.45, 2.75) is 64.9 Å². The Balaban J connectivity index is 0.841. The maximum absolute atomic E-state index is 14.9. The number of fused-ring (bicyclic) bond motifs is 6. The SMILES string of the molecule is Cc1ccc(COC(=O)N(C)CCN(C)C(=O)Oc2cc3c(c4c(C)c[nH]c24)C(CCl)CN3C(=O)C23CC4(CC(=O)N5CC(CCl)c6c5cc(OP(=O)(O)O)c5[nH]cc(C)c65)CC42C3)cc1. The van der Waals surface area contributed by atoms with Gasteiger partial charge in [-0.2, -0.15) is 0 Å². The smallest absolute Gasteiger partial charge is 0.445 e. The van der Waals surface area contributed by atoms with Gasteiger partial charge >= 0.3 is 20.0 Å². The van der Waals surface area contributed by atoms with Crippen LogP contribution in [-0.4, -0.2) is 106 Å². The first-order chi connectivity index (χ1) is 31.3. The van der Waals surface area contributed by atoms with Gasteiger partial charge in [-0.15, -0.1) is 23.2 Å². The number of benzene rings is 3. The Kier molecular flexibility index (Phi) is 10.6. The van der Waals surface area contributed by atoms with E-state index in [1.54, 1.807) is 36.2 Å². The Labute approximate surface area is 390 Å². The molecule has 3 saturated carbocycles. The molecule has 0 saturated heterocycles. The summed E-state index contributed by atoms with van der Waals surface area (Å²) in [6, 6.07) is 11.0. The maximum Gasteiger partial charge on any atom is 0.524 e. The van der Waals surface area contributed by atoms with Crippen molar-refractivity contribution in [2.24, 2.45) is 16.2 Å². The molecule has 16 nitrogen and oxygen atoms in total. The summed E-state index contributed by atoms with van der Waals surface area (Å²) in [6.45, 7) is 6.98. The second kappa shape index (κ2) is 15.7. The number of aromatic amines is 2. The molecule has 5 aromatic rings. The first kappa shape index (κ1) is 44.6. The molecule has 3 fully saturated rings. The molecule has 5 unspecified atom stereocenters. The summed E-state index contributed by atoms with van der Waals surface area (Å²) in [4.78, 5) is 87.7. The zero-order chi connectivity index (χ0) is 46.8. The van der Waals surface area contributed by atoms with E-state index >= 15 is 0 Å². The lowest BCUT2D eigenvalue weighted by Gasteiger charge is -2.36. The second-order valence-corrected chi connectivity index (χ2v) is 20.9. The molecule has 2 aliphatic heterocycles. The Morgan fingerprint density at radius 1 is 0.803 bits per heavy atom. The van der Waals surface area contributed by atoms with Crippen molar-refractivity contribution in [2.75, 3.05) is 61.8 Å². The fraction of sp³-hybridized carbons (Fsp3) is 0.447. The lowest BCUT2D eigenvalue weighted by molar-refractivity contribution is -0.130. The van der Waals surface area contributed by atoms with Gasteiger partial charge in [0.25, 0.3) is 0 Å². The summed E-state index contributed by atoms with van der Waals surface area (Å²) in [5.74, 6) is 0.178. The normalized spacial score (nSPS) is 24.3. The van der Waals surface area contributed by atoms with Crippen LogP contribution < -0.4 is 19.1 Å². The van der Waals surface area contributed by atoms with Crippen molar-refractivity contribution in [3.05, 3.63) is 82.2 Å². The summed E-state index contributed by atoms with van der Waals surface area (Å²) in [5.41, 5.74) is 6.42. The quantitative estimate of drug-likeness (QED) is 0.0657. The van der Waals surface area contributed by atoms with E-state index in [-0.39, 0.29) is 83.9 Å². The predicted octanol–water partition coefficient (Wildman–Crippen LogP) is 8.34. The van der Waals surface area contributed by atoms with E-state index in [2.05, 4.69) is 9.97 Å². The third kappa shape index (κ3) is 6.88. The van der Waals surface area contributed by atoms with Gasteiger partial charge in [-0.1, -0.05) is 29.8 Å². The van der Waals surface area contributed by atoms with E-state index in [0.29, 0.717) is 48.3 Å². The predicted molar refractivity (Wildman–Crippen MR) is 249 cm³/mol. The number of anilines is 2. The Morgan fingerprint density at radius 2 is 1.36 bits per heavy atom. The molecule has 0 radical (unpaired) electrons. The fourth-order valence-electron chi connectivity index (χ4n) is 11.7. The first-order valence-corrected chi connectivity index (χ1v) is 24.6. The van der Waals surface area contributed by atoms with Crippen LogP contribution in [0.4, 0.5) is 21.0 Å². The van der Waals surface area contributed by atoms with E-state index in [9.17, 15) is 33.5 Å². The summed E-state index contributed by atoms with van der Waals surface area (Å²) in [5, 5.41) is 1.57. The number of hydrogen-bond acceptors (Lipinski definition) is 8. The number of carbonyl (C=O) groups excluding carboxylic acids is 4. The average Bonchev–Trinajstić information content (AvgIpc) is 3.66. The van der Waals surface area contributed by atoms with Gasteiger partial charge in [0.05, 0.1) is 27.8 Å². The van der Waals surface area contributed by atoms with Crippen LogP contribution in [0.5, 0.6) is 11.5 Å². The molecule has 4 N–H and O–H groups in total. The number of aromatic nitrogens is 2. The largest absolute Gasteiger partial charge is 0.524 e. The van der Waals surface area contributed by atoms with E-state index < -0.39 is 25.4 Å². The number of nitrogens with one attached hydrogen (secondary N) is 2. The minimum atomic E-state index is -4.93. The van der Waals surface area contributed by atoms with Crippen LogP contribution in [-0.2, 0) is 25.5 Å². The highest BCUT2D eigenvalue weighted by atomic mass is 35.5. The minimum Gasteiger partial charge on any atom is -0.445 e. The number of phosphoric acid groups is 1. The molecule has 19 heteroatoms. The van der Waals surface area contributed by atoms with Crippen molar-refractivity contribution in [3.8, 4) is 11.5 Å². The van der Waals surface area contributed by atoms with Gasteiger partial charge in [0.2, 0.25) is 11.8 Å². The van der Waals surface area contributed by atoms with Gasteiger partial charge < -0.3 is 43.6 Å². The molecular weight excluding hydrogens is 910 g/mol. The van der Waals surface area contributed by atoms with Gasteiger partial charge in [0.1, 0.15) is 6.61 Å². The summed E-state index contributed by atoms with van der Waals surface area (Å²) >= 11 is 13.1. The molecule has 0 bridgehead atoms. The molecule has 3 aromatic carbocycles. The molecule has 4 heterocycles. The van der Waals surface area contributed by atoms with Crippen molar-refractivity contribution in [1.29, 1.82) is 0 Å². The lowest BCUT2D eigenvalue weighted by Crippen LogP contribution is -2.45. The monoisotopic (exact) mass is 960 g/mol. The highest BCUT2D eigenvalue weighted by molar-refractivity contribution is 7.46. The molecule has 5 atom stereocenters. The first-order valence-electron chi connectivity index (χ1n) is 22.0. The van der Waals surface area contributed by atoms with Crippen LogP contribution in [0.15, 0.2) is 48.8 Å². The molecule has 348 valence electrons. The van der Waals surface area contributed by atoms with Crippen LogP contribution >= 0.6 is 31.0 Å². The van der Waals surface area contributed by atoms with Gasteiger partial charge in [-0.3, -0.25) is 19.4 Å². The van der Waals surface area contributed by atoms with Crippen LogP contribution in [0.3, 0.4) is 0 Å². The standard InChI is InChI=1S/C47H51Cl2N6O10P/c1-25-6-8-28(9-7-25)21-63-43(58)52(4)10-11-53(5)44(59)64-33-12-32-39(36-26(2)17-50-40(33)36)30(16-49)20-55(32)42(57)46-22-45(23-47(45,46)24-46)14-35(56)54-19-29(15-48)38-31(54)13-34(65-66(60,61)62)41-37(38)27(3)18-51-41/h6-9,12-13,17-18,29-30,50-51H,10-11,14-16,19-24H2,1-5H3,(H2,60,61,62). The summed E-state index contributed by atoms with van der Waals surface area (Å²) < 4.78 is 28.6. The number of H-pyrrole nitrogens is 2. The van der Waals surface area contributed by atoms with Crippen LogP contribution in [0.2, 0.25) is 0 Å². The molecule has 10 rings (SSSR count). The number of carbonyl (C=O) groups is 4. The molecular formula is C47H51Cl2N6O10P. The molecule has 1 spiro atoms. The van der Waals surface area contributed by atoms with Crippen LogP contribution in [0.1, 0.15) is 70.9 Å². The number of halogens is 2. The van der Waals surface area contributed by atoms with E-state index in [0.717, 1.165) is 50.6 Å². The summed E-state index contributed by atoms with van der Waals surface area (Å²) in [6.07, 6.45) is 4.60. The topological polar surface area (TPSA) is 198 Å². The second-order valence-electron chi connectivity index (χ2n) is 19.2. The Bertz CT molecular complexity index is 2930. The molecule has 2 aromatic heterocycles. The maximum atomic E-state index is 14.9. The van der Waals surface area contributed by atoms with Crippen LogP contribution in [0.25, 0.3) is 21.8 Å². The number of aryl methyl sites for hydroxylation is 3. The lowest BCUT2D eigenvalue weighted by atomic mass is 9.71. The number of likely N-dealkylation sites (N-methyl/N-ethyl adjacent to an activating group) is 2. The van der Waals surface area contributed by atoms with E-state index in [1.165, 1.54) is 15.9 Å². The minimum absolute atomic E-state index is 0.0190. The summed E-state index contributed by atoms with van der Waals surface area (Å²) in [7, 11) is -1.74. The molecule has 66 heavy (non-hydrogen) atoms. The molecule has 4 amide bonds. The zero-order valence-corrected chi connectivity index (χ0v) is 39.6. The van der Waals surface area contributed by atoms with Crippen molar-refractivity contribution in [3.63, 3.8) is 0 Å². The van der Waals surface area contributed by atoms with Crippen molar-refractivity contribution < 1.29 is 47.5 Å². The van der Waals surface area contributed by atoms with Gasteiger partial charge in [0.15, 0.2) is 11.5 Å². The molecule has 3 aliphatic carbocycles. The highest BCUT2D eigenvalue weighted by Crippen LogP contribution is 3.01. The third-order valence-corrected chi connectivity index (χ3v) is 16.3. The van der Waals surface area contributed by atoms with Crippen molar-refractivity contribution >= 4 is 88.2 Å². The fourth-order valence-corrected chi connectivity index (χ4v) is 12.6. The average molecular weight is 962 g/mol. The third-order valence-electron chi connectivity index (χ3n) is 15.2. The van der Waals surface area contributed by atoms with Crippen LogP contribution in [0, 0.1) is 37.0 Å². The number of phosphoric ester groups is 1. The number of ether oxygens (including phenoxy) is 2. The Hall–Kier alpha value is -5.25. The van der Waals surface area contributed by atoms with Gasteiger partial charge in [-0.05, 0) is 78.7 Å². The van der Waals surface area contributed by atoms with E-state index in [1.807, 2.05) is 51.2 Å². The number of alkyl halides is 2. The zero-order valence-electron chi connectivity index (χ0n) is 37.2. The van der Waals surface area contributed by atoms with E-state index in [4.69, 9.17) is 37.2 Å². The van der Waals surface area contributed by atoms with Crippen molar-refractivity contribution in [1.82, 2.24) is 19.8 Å². The van der Waals surface area contributed by atoms with Gasteiger partial charge in [-0.25, -0.2) is 14.2 Å². The number of hydrogen-bond donors (Lipinski definition) is 4. The molecule has 5 aliphatic rings. The number of rotatable bonds is 13. The number of amides is 4.